The van der Waals surface area contributed by atoms with Crippen molar-refractivity contribution >= 4 is 5.91 Å². The molecule has 0 heterocycles. The summed E-state index contributed by atoms with van der Waals surface area (Å²) in [6.07, 6.45) is 10.9. The lowest BCUT2D eigenvalue weighted by atomic mass is 10.0. The normalized spacial score (nSPS) is 27.2. The minimum absolute atomic E-state index is 0.266. The van der Waals surface area contributed by atoms with Gasteiger partial charge in [-0.15, -0.1) is 0 Å². The van der Waals surface area contributed by atoms with Gasteiger partial charge in [-0.05, 0) is 38.0 Å². The highest BCUT2D eigenvalue weighted by Crippen LogP contribution is 2.32. The van der Waals surface area contributed by atoms with Crippen LogP contribution in [0, 0.1) is 5.92 Å². The van der Waals surface area contributed by atoms with Crippen LogP contribution in [-0.4, -0.2) is 11.9 Å². The highest BCUT2D eigenvalue weighted by Gasteiger charge is 2.25. The van der Waals surface area contributed by atoms with Crippen molar-refractivity contribution in [2.75, 3.05) is 0 Å². The Balaban J connectivity index is 1.69. The quantitative estimate of drug-likeness (QED) is 0.660. The average Bonchev–Trinajstić information content (AvgIpc) is 2.90. The van der Waals surface area contributed by atoms with E-state index in [-0.39, 0.29) is 5.91 Å². The van der Waals surface area contributed by atoms with E-state index in [1.807, 2.05) is 0 Å². The molecule has 72 valence electrons. The Hall–Kier alpha value is -0.790. The monoisotopic (exact) mass is 179 g/mol. The number of nitrogens with one attached hydrogen (secondary N) is 1. The first-order valence-electron chi connectivity index (χ1n) is 5.29. The third-order valence-corrected chi connectivity index (χ3v) is 2.81. The predicted molar refractivity (Wildman–Crippen MR) is 52.3 cm³/mol. The van der Waals surface area contributed by atoms with Gasteiger partial charge >= 0.3 is 0 Å². The summed E-state index contributed by atoms with van der Waals surface area (Å²) in [7, 11) is 0. The topological polar surface area (TPSA) is 29.1 Å². The lowest BCUT2D eigenvalue weighted by molar-refractivity contribution is -0.122. The van der Waals surface area contributed by atoms with E-state index in [4.69, 9.17) is 0 Å². The van der Waals surface area contributed by atoms with Crippen LogP contribution in [0.15, 0.2) is 12.2 Å². The van der Waals surface area contributed by atoms with Gasteiger partial charge in [-0.1, -0.05) is 12.2 Å². The molecule has 0 aromatic rings. The Morgan fingerprint density at radius 1 is 1.31 bits per heavy atom. The Bertz CT molecular complexity index is 218. The van der Waals surface area contributed by atoms with Crippen LogP contribution in [0.3, 0.4) is 0 Å². The van der Waals surface area contributed by atoms with Gasteiger partial charge in [-0.2, -0.15) is 0 Å². The van der Waals surface area contributed by atoms with Gasteiger partial charge in [-0.3, -0.25) is 4.79 Å². The molecule has 1 saturated carbocycles. The Kier molecular flexibility index (Phi) is 2.67. The van der Waals surface area contributed by atoms with E-state index in [0.29, 0.717) is 12.0 Å². The summed E-state index contributed by atoms with van der Waals surface area (Å²) in [5, 5.41) is 3.10. The summed E-state index contributed by atoms with van der Waals surface area (Å²) >= 11 is 0. The summed E-state index contributed by atoms with van der Waals surface area (Å²) in [5.74, 6) is 0.974. The zero-order valence-electron chi connectivity index (χ0n) is 7.96. The smallest absolute Gasteiger partial charge is 0.220 e. The third-order valence-electron chi connectivity index (χ3n) is 2.81. The van der Waals surface area contributed by atoms with Crippen LogP contribution in [0.5, 0.6) is 0 Å². The van der Waals surface area contributed by atoms with Crippen LogP contribution >= 0.6 is 0 Å². The second-order valence-electron chi connectivity index (χ2n) is 4.20. The molecule has 2 nitrogen and oxygen atoms in total. The molecule has 0 aromatic carbocycles. The van der Waals surface area contributed by atoms with Crippen molar-refractivity contribution in [2.24, 2.45) is 5.92 Å². The molecule has 0 bridgehead atoms. The van der Waals surface area contributed by atoms with Gasteiger partial charge in [0.15, 0.2) is 0 Å². The molecular formula is C11H17NO. The molecular weight excluding hydrogens is 162 g/mol. The molecule has 1 atom stereocenters. The van der Waals surface area contributed by atoms with E-state index >= 15 is 0 Å². The van der Waals surface area contributed by atoms with Crippen LogP contribution in [-0.2, 0) is 4.79 Å². The zero-order chi connectivity index (χ0) is 9.10. The summed E-state index contributed by atoms with van der Waals surface area (Å²) in [6, 6.07) is 0.413. The van der Waals surface area contributed by atoms with Gasteiger partial charge in [0.25, 0.3) is 0 Å². The predicted octanol–water partition coefficient (Wildman–Crippen LogP) is 2.01. The Morgan fingerprint density at radius 3 is 2.77 bits per heavy atom. The number of rotatable bonds is 3. The maximum atomic E-state index is 11.4. The second kappa shape index (κ2) is 3.95. The molecule has 1 amide bonds. The van der Waals surface area contributed by atoms with Crippen molar-refractivity contribution in [3.05, 3.63) is 12.2 Å². The van der Waals surface area contributed by atoms with Gasteiger partial charge in [0.1, 0.15) is 0 Å². The minimum Gasteiger partial charge on any atom is -0.353 e. The van der Waals surface area contributed by atoms with Crippen molar-refractivity contribution in [3.63, 3.8) is 0 Å². The zero-order valence-corrected chi connectivity index (χ0v) is 7.96. The maximum Gasteiger partial charge on any atom is 0.220 e. The molecule has 1 N–H and O–H groups in total. The summed E-state index contributed by atoms with van der Waals surface area (Å²) in [5.41, 5.74) is 0. The second-order valence-corrected chi connectivity index (χ2v) is 4.20. The van der Waals surface area contributed by atoms with E-state index < -0.39 is 0 Å². The molecule has 0 spiro atoms. The molecule has 0 aliphatic heterocycles. The van der Waals surface area contributed by atoms with Gasteiger partial charge in [0.05, 0.1) is 0 Å². The fourth-order valence-electron chi connectivity index (χ4n) is 1.80. The number of allylic oxidation sites excluding steroid dienone is 1. The molecule has 2 heteroatoms. The van der Waals surface area contributed by atoms with Crippen LogP contribution < -0.4 is 5.32 Å². The fraction of sp³-hybridized carbons (Fsp3) is 0.727. The van der Waals surface area contributed by atoms with E-state index in [1.54, 1.807) is 0 Å². The molecule has 0 radical (unpaired) electrons. The molecule has 13 heavy (non-hydrogen) atoms. The SMILES string of the molecule is O=C(CC1CC1)NC1CC=CCC1. The number of carbonyl (C=O) groups excluding carboxylic acids is 1. The van der Waals surface area contributed by atoms with Gasteiger partial charge in [0.2, 0.25) is 5.91 Å². The number of hydrogen-bond donors (Lipinski definition) is 1. The largest absolute Gasteiger partial charge is 0.353 e. The van der Waals surface area contributed by atoms with Crippen molar-refractivity contribution in [2.45, 2.75) is 44.6 Å². The van der Waals surface area contributed by atoms with Gasteiger partial charge < -0.3 is 5.32 Å². The first-order valence-corrected chi connectivity index (χ1v) is 5.29. The molecule has 1 unspecified atom stereocenters. The molecule has 2 rings (SSSR count). The molecule has 2 aliphatic rings. The highest BCUT2D eigenvalue weighted by atomic mass is 16.1. The van der Waals surface area contributed by atoms with E-state index in [9.17, 15) is 4.79 Å². The van der Waals surface area contributed by atoms with Crippen molar-refractivity contribution < 1.29 is 4.79 Å². The minimum atomic E-state index is 0.266. The van der Waals surface area contributed by atoms with Crippen LogP contribution in [0.25, 0.3) is 0 Å². The number of carbonyl (C=O) groups is 1. The van der Waals surface area contributed by atoms with Crippen LogP contribution in [0.2, 0.25) is 0 Å². The van der Waals surface area contributed by atoms with E-state index in [0.717, 1.165) is 25.7 Å². The molecule has 1 fully saturated rings. The summed E-state index contributed by atoms with van der Waals surface area (Å²) < 4.78 is 0. The number of amides is 1. The van der Waals surface area contributed by atoms with E-state index in [1.165, 1.54) is 12.8 Å². The average molecular weight is 179 g/mol. The Labute approximate surface area is 79.4 Å². The standard InChI is InChI=1S/C11H17NO/c13-11(8-9-6-7-9)12-10-4-2-1-3-5-10/h1-2,9-10H,3-8H2,(H,12,13). The van der Waals surface area contributed by atoms with Crippen molar-refractivity contribution in [1.82, 2.24) is 5.32 Å². The van der Waals surface area contributed by atoms with Crippen molar-refractivity contribution in [3.8, 4) is 0 Å². The van der Waals surface area contributed by atoms with Gasteiger partial charge in [-0.25, -0.2) is 0 Å². The highest BCUT2D eigenvalue weighted by molar-refractivity contribution is 5.76. The lowest BCUT2D eigenvalue weighted by Gasteiger charge is -2.19. The summed E-state index contributed by atoms with van der Waals surface area (Å²) in [6.45, 7) is 0. The van der Waals surface area contributed by atoms with Crippen LogP contribution in [0.4, 0.5) is 0 Å². The van der Waals surface area contributed by atoms with E-state index in [2.05, 4.69) is 17.5 Å². The first-order chi connectivity index (χ1) is 6.34. The number of hydrogen-bond acceptors (Lipinski definition) is 1. The molecule has 0 aromatic heterocycles. The van der Waals surface area contributed by atoms with Crippen LogP contribution in [0.1, 0.15) is 38.5 Å². The fourth-order valence-corrected chi connectivity index (χ4v) is 1.80. The van der Waals surface area contributed by atoms with Crippen molar-refractivity contribution in [1.29, 1.82) is 0 Å². The molecule has 0 saturated heterocycles. The van der Waals surface area contributed by atoms with Gasteiger partial charge in [0, 0.05) is 12.5 Å². The third kappa shape index (κ3) is 2.87. The molecule has 2 aliphatic carbocycles. The Morgan fingerprint density at radius 2 is 2.15 bits per heavy atom. The summed E-state index contributed by atoms with van der Waals surface area (Å²) in [4.78, 5) is 11.4. The lowest BCUT2D eigenvalue weighted by Crippen LogP contribution is -2.35. The maximum absolute atomic E-state index is 11.4. The first kappa shape index (κ1) is 8.79.